The molecule has 0 aliphatic carbocycles. The van der Waals surface area contributed by atoms with Crippen LogP contribution in [-0.4, -0.2) is 23.4 Å². The van der Waals surface area contributed by atoms with E-state index in [9.17, 15) is 13.2 Å². The number of methoxy groups -OCH3 is 1. The topological polar surface area (TPSA) is 47.1 Å². The number of H-pyrrole nitrogens is 1. The molecule has 0 bridgehead atoms. The number of nitrogens with one attached hydrogen (secondary N) is 1. The van der Waals surface area contributed by atoms with E-state index in [0.29, 0.717) is 22.7 Å². The number of benzene rings is 2. The van der Waals surface area contributed by atoms with Gasteiger partial charge in [0.2, 0.25) is 0 Å². The van der Waals surface area contributed by atoms with Crippen LogP contribution in [0.2, 0.25) is 0 Å². The number of hydrogen-bond donors (Lipinski definition) is 1. The van der Waals surface area contributed by atoms with Gasteiger partial charge in [0.15, 0.2) is 0 Å². The lowest BCUT2D eigenvalue weighted by Crippen LogP contribution is -2.17. The molecule has 0 fully saturated rings. The first-order valence-corrected chi connectivity index (χ1v) is 6.35. The monoisotopic (exact) mass is 308 g/mol. The van der Waals surface area contributed by atoms with Crippen LogP contribution in [-0.2, 0) is 0 Å². The molecule has 3 rings (SSSR count). The Balaban J connectivity index is 2.09. The number of fused-ring (bicyclic) bond motifs is 1. The van der Waals surface area contributed by atoms with Crippen LogP contribution in [0.3, 0.4) is 0 Å². The van der Waals surface area contributed by atoms with Crippen molar-refractivity contribution < 1.29 is 22.6 Å². The van der Waals surface area contributed by atoms with Crippen molar-refractivity contribution >= 4 is 11.0 Å². The number of para-hydroxylation sites is 2. The van der Waals surface area contributed by atoms with Gasteiger partial charge in [-0.1, -0.05) is 12.1 Å². The largest absolute Gasteiger partial charge is 0.573 e. The van der Waals surface area contributed by atoms with Crippen molar-refractivity contribution in [3.05, 3.63) is 42.5 Å². The number of alkyl halides is 3. The number of ether oxygens (including phenoxy) is 2. The van der Waals surface area contributed by atoms with Gasteiger partial charge in [-0.3, -0.25) is 0 Å². The molecule has 0 radical (unpaired) electrons. The summed E-state index contributed by atoms with van der Waals surface area (Å²) in [5.74, 6) is 0.475. The molecule has 0 spiro atoms. The standard InChI is InChI=1S/C15H11F3N2O2/c1-21-13-7-6-9(22-15(16,17)18)8-10(13)14-19-11-4-2-3-5-12(11)20-14/h2-8H,1H3,(H,19,20). The summed E-state index contributed by atoms with van der Waals surface area (Å²) in [6, 6.07) is 11.1. The maximum Gasteiger partial charge on any atom is 0.573 e. The molecule has 0 saturated heterocycles. The van der Waals surface area contributed by atoms with Crippen molar-refractivity contribution in [1.82, 2.24) is 9.97 Å². The zero-order chi connectivity index (χ0) is 15.7. The quantitative estimate of drug-likeness (QED) is 0.791. The molecular formula is C15H11F3N2O2. The average molecular weight is 308 g/mol. The van der Waals surface area contributed by atoms with Crippen molar-refractivity contribution in [3.63, 3.8) is 0 Å². The summed E-state index contributed by atoms with van der Waals surface area (Å²) in [6.07, 6.45) is -4.75. The van der Waals surface area contributed by atoms with E-state index in [1.807, 2.05) is 18.2 Å². The number of aromatic amines is 1. The Hall–Kier alpha value is -2.70. The van der Waals surface area contributed by atoms with Crippen LogP contribution in [0.5, 0.6) is 11.5 Å². The molecule has 2 aromatic carbocycles. The molecule has 22 heavy (non-hydrogen) atoms. The van der Waals surface area contributed by atoms with E-state index in [2.05, 4.69) is 14.7 Å². The smallest absolute Gasteiger partial charge is 0.496 e. The molecule has 1 N–H and O–H groups in total. The molecule has 0 aliphatic rings. The first-order chi connectivity index (χ1) is 10.5. The predicted octanol–water partition coefficient (Wildman–Crippen LogP) is 4.14. The van der Waals surface area contributed by atoms with Crippen molar-refractivity contribution in [2.45, 2.75) is 6.36 Å². The van der Waals surface area contributed by atoms with Crippen molar-refractivity contribution in [2.75, 3.05) is 7.11 Å². The fourth-order valence-corrected chi connectivity index (χ4v) is 2.15. The molecule has 0 aliphatic heterocycles. The van der Waals surface area contributed by atoms with Gasteiger partial charge in [0.1, 0.15) is 17.3 Å². The molecule has 0 atom stereocenters. The number of imidazole rings is 1. The lowest BCUT2D eigenvalue weighted by molar-refractivity contribution is -0.274. The summed E-state index contributed by atoms with van der Waals surface area (Å²) in [5, 5.41) is 0. The molecule has 0 unspecified atom stereocenters. The highest BCUT2D eigenvalue weighted by Crippen LogP contribution is 2.34. The molecule has 3 aromatic rings. The van der Waals surface area contributed by atoms with E-state index in [0.717, 1.165) is 5.52 Å². The van der Waals surface area contributed by atoms with E-state index in [-0.39, 0.29) is 5.75 Å². The average Bonchev–Trinajstić information content (AvgIpc) is 2.89. The third-order valence-electron chi connectivity index (χ3n) is 3.05. The maximum absolute atomic E-state index is 12.3. The van der Waals surface area contributed by atoms with E-state index in [1.54, 1.807) is 6.07 Å². The van der Waals surface area contributed by atoms with Crippen molar-refractivity contribution in [2.24, 2.45) is 0 Å². The molecule has 1 aromatic heterocycles. The lowest BCUT2D eigenvalue weighted by Gasteiger charge is -2.12. The van der Waals surface area contributed by atoms with Crippen LogP contribution in [0.4, 0.5) is 13.2 Å². The SMILES string of the molecule is COc1ccc(OC(F)(F)F)cc1-c1nc2ccccc2[nH]1. The number of halogens is 3. The molecule has 0 saturated carbocycles. The van der Waals surface area contributed by atoms with Gasteiger partial charge in [0.25, 0.3) is 0 Å². The zero-order valence-electron chi connectivity index (χ0n) is 11.4. The van der Waals surface area contributed by atoms with Gasteiger partial charge in [0.05, 0.1) is 23.7 Å². The van der Waals surface area contributed by atoms with Gasteiger partial charge in [-0.05, 0) is 30.3 Å². The number of rotatable bonds is 3. The van der Waals surface area contributed by atoms with Gasteiger partial charge >= 0.3 is 6.36 Å². The number of hydrogen-bond acceptors (Lipinski definition) is 3. The summed E-state index contributed by atoms with van der Waals surface area (Å²) in [5.41, 5.74) is 1.88. The minimum absolute atomic E-state index is 0.330. The van der Waals surface area contributed by atoms with Gasteiger partial charge in [-0.2, -0.15) is 0 Å². The van der Waals surface area contributed by atoms with Crippen LogP contribution in [0.15, 0.2) is 42.5 Å². The number of nitrogens with zero attached hydrogens (tertiary/aromatic N) is 1. The third-order valence-corrected chi connectivity index (χ3v) is 3.05. The number of aromatic nitrogens is 2. The van der Waals surface area contributed by atoms with E-state index in [4.69, 9.17) is 4.74 Å². The van der Waals surface area contributed by atoms with Crippen molar-refractivity contribution in [3.8, 4) is 22.9 Å². The molecule has 7 heteroatoms. The predicted molar refractivity (Wildman–Crippen MR) is 74.8 cm³/mol. The van der Waals surface area contributed by atoms with Gasteiger partial charge in [-0.25, -0.2) is 4.98 Å². The summed E-state index contributed by atoms with van der Waals surface area (Å²) in [4.78, 5) is 7.41. The fraction of sp³-hybridized carbons (Fsp3) is 0.133. The Bertz CT molecular complexity index is 779. The van der Waals surface area contributed by atoms with Crippen LogP contribution < -0.4 is 9.47 Å². The minimum atomic E-state index is -4.75. The second-order valence-corrected chi connectivity index (χ2v) is 4.51. The highest BCUT2D eigenvalue weighted by molar-refractivity contribution is 5.80. The third kappa shape index (κ3) is 2.83. The van der Waals surface area contributed by atoms with Crippen LogP contribution >= 0.6 is 0 Å². The fourth-order valence-electron chi connectivity index (χ4n) is 2.15. The second kappa shape index (κ2) is 5.25. The first kappa shape index (κ1) is 14.2. The second-order valence-electron chi connectivity index (χ2n) is 4.51. The molecule has 1 heterocycles. The highest BCUT2D eigenvalue weighted by Gasteiger charge is 2.31. The van der Waals surface area contributed by atoms with Crippen LogP contribution in [0.1, 0.15) is 0 Å². The minimum Gasteiger partial charge on any atom is -0.496 e. The zero-order valence-corrected chi connectivity index (χ0v) is 11.4. The Morgan fingerprint density at radius 3 is 2.55 bits per heavy atom. The Labute approximate surface area is 123 Å². The first-order valence-electron chi connectivity index (χ1n) is 6.35. The maximum atomic E-state index is 12.3. The molecule has 114 valence electrons. The highest BCUT2D eigenvalue weighted by atomic mass is 19.4. The van der Waals surface area contributed by atoms with E-state index in [1.165, 1.54) is 25.3 Å². The van der Waals surface area contributed by atoms with Gasteiger partial charge in [0, 0.05) is 0 Å². The molecule has 4 nitrogen and oxygen atoms in total. The van der Waals surface area contributed by atoms with Crippen LogP contribution in [0, 0.1) is 0 Å². The Morgan fingerprint density at radius 1 is 1.09 bits per heavy atom. The molecular weight excluding hydrogens is 297 g/mol. The summed E-state index contributed by atoms with van der Waals surface area (Å²) in [6.45, 7) is 0. The van der Waals surface area contributed by atoms with Crippen LogP contribution in [0.25, 0.3) is 22.4 Å². The van der Waals surface area contributed by atoms with E-state index < -0.39 is 6.36 Å². The normalized spacial score (nSPS) is 11.6. The Kier molecular flexibility index (Phi) is 3.40. The Morgan fingerprint density at radius 2 is 1.86 bits per heavy atom. The lowest BCUT2D eigenvalue weighted by atomic mass is 10.2. The summed E-state index contributed by atoms with van der Waals surface area (Å²) < 4.78 is 46.2. The summed E-state index contributed by atoms with van der Waals surface area (Å²) >= 11 is 0. The molecule has 0 amide bonds. The van der Waals surface area contributed by atoms with Crippen molar-refractivity contribution in [1.29, 1.82) is 0 Å². The van der Waals surface area contributed by atoms with E-state index >= 15 is 0 Å². The van der Waals surface area contributed by atoms with Gasteiger partial charge < -0.3 is 14.5 Å². The van der Waals surface area contributed by atoms with Gasteiger partial charge in [-0.15, -0.1) is 13.2 Å². The summed E-state index contributed by atoms with van der Waals surface area (Å²) in [7, 11) is 1.44.